The second-order valence-electron chi connectivity index (χ2n) is 4.36. The Morgan fingerprint density at radius 3 is 3.05 bits per heavy atom. The number of nitrogens with one attached hydrogen (secondary N) is 2. The first-order valence-electron chi connectivity index (χ1n) is 6.04. The minimum Gasteiger partial charge on any atom is -0.375 e. The lowest BCUT2D eigenvalue weighted by atomic mass is 10.1. The Morgan fingerprint density at radius 2 is 2.37 bits per heavy atom. The molecule has 1 heterocycles. The molecule has 1 aromatic carbocycles. The molecule has 4 nitrogen and oxygen atoms in total. The number of hydrogen-bond acceptors (Lipinski definition) is 3. The number of ether oxygens (including phenoxy) is 1. The topological polar surface area (TPSA) is 50.4 Å². The Morgan fingerprint density at radius 1 is 1.58 bits per heavy atom. The maximum Gasteiger partial charge on any atom is 0.240 e. The molecule has 0 bridgehead atoms. The summed E-state index contributed by atoms with van der Waals surface area (Å²) in [5.74, 6) is -0.0119. The SMILES string of the molecule is C[C@H]1OCCN[C@@H]1C(=O)NCc1cccc(Br)c1.Cl. The van der Waals surface area contributed by atoms with Gasteiger partial charge in [0.25, 0.3) is 0 Å². The standard InChI is InChI=1S/C13H17BrN2O2.ClH/c1-9-12(15-5-6-18-9)13(17)16-8-10-3-2-4-11(14)7-10;/h2-4,7,9,12,15H,5-6,8H2,1H3,(H,16,17);1H/t9-,12+;/m1./s1. The van der Waals surface area contributed by atoms with Crippen LogP contribution in [0.5, 0.6) is 0 Å². The van der Waals surface area contributed by atoms with Gasteiger partial charge in [-0.1, -0.05) is 28.1 Å². The fourth-order valence-electron chi connectivity index (χ4n) is 1.97. The molecule has 1 aliphatic heterocycles. The van der Waals surface area contributed by atoms with Crippen molar-refractivity contribution in [1.82, 2.24) is 10.6 Å². The van der Waals surface area contributed by atoms with Crippen LogP contribution in [0.15, 0.2) is 28.7 Å². The highest BCUT2D eigenvalue weighted by Gasteiger charge is 2.27. The molecule has 2 N–H and O–H groups in total. The summed E-state index contributed by atoms with van der Waals surface area (Å²) >= 11 is 3.41. The quantitative estimate of drug-likeness (QED) is 0.876. The van der Waals surface area contributed by atoms with E-state index in [9.17, 15) is 4.79 Å². The molecule has 0 aromatic heterocycles. The van der Waals surface area contributed by atoms with Gasteiger partial charge in [0.15, 0.2) is 0 Å². The van der Waals surface area contributed by atoms with Crippen LogP contribution in [0.25, 0.3) is 0 Å². The fraction of sp³-hybridized carbons (Fsp3) is 0.462. The molecule has 19 heavy (non-hydrogen) atoms. The second kappa shape index (κ2) is 7.85. The maximum atomic E-state index is 12.0. The molecule has 1 saturated heterocycles. The predicted molar refractivity (Wildman–Crippen MR) is 80.4 cm³/mol. The molecule has 2 rings (SSSR count). The van der Waals surface area contributed by atoms with E-state index in [0.29, 0.717) is 13.2 Å². The molecule has 1 fully saturated rings. The number of morpholine rings is 1. The molecule has 1 amide bonds. The van der Waals surface area contributed by atoms with Crippen molar-refractivity contribution in [2.75, 3.05) is 13.2 Å². The minimum atomic E-state index is -0.258. The zero-order valence-electron chi connectivity index (χ0n) is 10.7. The van der Waals surface area contributed by atoms with Gasteiger partial charge in [-0.05, 0) is 24.6 Å². The lowest BCUT2D eigenvalue weighted by Gasteiger charge is -2.29. The molecular formula is C13H18BrClN2O2. The van der Waals surface area contributed by atoms with Gasteiger partial charge in [-0.25, -0.2) is 0 Å². The Hall–Kier alpha value is -0.620. The van der Waals surface area contributed by atoms with E-state index in [4.69, 9.17) is 4.74 Å². The number of hydrogen-bond donors (Lipinski definition) is 2. The van der Waals surface area contributed by atoms with Crippen molar-refractivity contribution in [2.45, 2.75) is 25.6 Å². The van der Waals surface area contributed by atoms with Crippen LogP contribution in [0.1, 0.15) is 12.5 Å². The van der Waals surface area contributed by atoms with Gasteiger partial charge in [0.05, 0.1) is 12.7 Å². The summed E-state index contributed by atoms with van der Waals surface area (Å²) in [6.45, 7) is 3.83. The molecule has 0 aliphatic carbocycles. The van der Waals surface area contributed by atoms with E-state index in [1.807, 2.05) is 31.2 Å². The Bertz CT molecular complexity index is 431. The Labute approximate surface area is 127 Å². The van der Waals surface area contributed by atoms with Crippen LogP contribution in [-0.4, -0.2) is 31.2 Å². The van der Waals surface area contributed by atoms with E-state index < -0.39 is 0 Å². The van der Waals surface area contributed by atoms with Gasteiger partial charge in [-0.2, -0.15) is 0 Å². The number of carbonyl (C=O) groups excluding carboxylic acids is 1. The number of benzene rings is 1. The first kappa shape index (κ1) is 16.4. The van der Waals surface area contributed by atoms with Crippen molar-refractivity contribution in [3.63, 3.8) is 0 Å². The fourth-order valence-corrected chi connectivity index (χ4v) is 2.42. The molecule has 1 aliphatic rings. The van der Waals surface area contributed by atoms with Gasteiger partial charge in [0.1, 0.15) is 6.04 Å². The lowest BCUT2D eigenvalue weighted by molar-refractivity contribution is -0.129. The summed E-state index contributed by atoms with van der Waals surface area (Å²) in [6, 6.07) is 7.64. The number of rotatable bonds is 3. The molecule has 1 aromatic rings. The smallest absolute Gasteiger partial charge is 0.240 e. The summed E-state index contributed by atoms with van der Waals surface area (Å²) in [7, 11) is 0. The monoisotopic (exact) mass is 348 g/mol. The molecular weight excluding hydrogens is 332 g/mol. The van der Waals surface area contributed by atoms with Crippen LogP contribution in [0.2, 0.25) is 0 Å². The van der Waals surface area contributed by atoms with Gasteiger partial charge in [-0.3, -0.25) is 4.79 Å². The van der Waals surface area contributed by atoms with Crippen molar-refractivity contribution in [3.05, 3.63) is 34.3 Å². The zero-order valence-corrected chi connectivity index (χ0v) is 13.1. The molecule has 0 saturated carbocycles. The molecule has 6 heteroatoms. The first-order valence-corrected chi connectivity index (χ1v) is 6.83. The number of amides is 1. The Kier molecular flexibility index (Phi) is 6.79. The Balaban J connectivity index is 0.00000180. The van der Waals surface area contributed by atoms with Gasteiger partial charge < -0.3 is 15.4 Å². The first-order chi connectivity index (χ1) is 8.66. The number of halogens is 2. The third-order valence-corrected chi connectivity index (χ3v) is 3.45. The summed E-state index contributed by atoms with van der Waals surface area (Å²) in [6.07, 6.45) is -0.0822. The zero-order chi connectivity index (χ0) is 13.0. The minimum absolute atomic E-state index is 0. The predicted octanol–water partition coefficient (Wildman–Crippen LogP) is 1.86. The normalized spacial score (nSPS) is 22.4. The number of carbonyl (C=O) groups is 1. The average Bonchev–Trinajstić information content (AvgIpc) is 2.37. The summed E-state index contributed by atoms with van der Waals surface area (Å²) in [4.78, 5) is 12.0. The van der Waals surface area contributed by atoms with Gasteiger partial charge in [0.2, 0.25) is 5.91 Å². The summed E-state index contributed by atoms with van der Waals surface area (Å²) in [5, 5.41) is 6.09. The van der Waals surface area contributed by atoms with Crippen LogP contribution in [-0.2, 0) is 16.1 Å². The second-order valence-corrected chi connectivity index (χ2v) is 5.27. The lowest BCUT2D eigenvalue weighted by Crippen LogP contribution is -2.55. The van der Waals surface area contributed by atoms with E-state index in [0.717, 1.165) is 16.6 Å². The average molecular weight is 350 g/mol. The highest BCUT2D eigenvalue weighted by Crippen LogP contribution is 2.11. The van der Waals surface area contributed by atoms with Gasteiger partial charge in [0, 0.05) is 17.6 Å². The van der Waals surface area contributed by atoms with E-state index >= 15 is 0 Å². The van der Waals surface area contributed by atoms with Crippen LogP contribution >= 0.6 is 28.3 Å². The van der Waals surface area contributed by atoms with Crippen molar-refractivity contribution in [2.24, 2.45) is 0 Å². The molecule has 0 unspecified atom stereocenters. The molecule has 106 valence electrons. The molecule has 0 spiro atoms. The third-order valence-electron chi connectivity index (χ3n) is 2.95. The van der Waals surface area contributed by atoms with Crippen molar-refractivity contribution < 1.29 is 9.53 Å². The third kappa shape index (κ3) is 4.76. The van der Waals surface area contributed by atoms with E-state index in [-0.39, 0.29) is 30.5 Å². The van der Waals surface area contributed by atoms with Crippen LogP contribution in [0.4, 0.5) is 0 Å². The highest BCUT2D eigenvalue weighted by atomic mass is 79.9. The van der Waals surface area contributed by atoms with E-state index in [1.54, 1.807) is 0 Å². The highest BCUT2D eigenvalue weighted by molar-refractivity contribution is 9.10. The van der Waals surface area contributed by atoms with E-state index in [1.165, 1.54) is 0 Å². The van der Waals surface area contributed by atoms with E-state index in [2.05, 4.69) is 26.6 Å². The summed E-state index contributed by atoms with van der Waals surface area (Å²) in [5.41, 5.74) is 1.07. The molecule has 0 radical (unpaired) electrons. The van der Waals surface area contributed by atoms with Crippen LogP contribution in [0, 0.1) is 0 Å². The van der Waals surface area contributed by atoms with Crippen molar-refractivity contribution in [3.8, 4) is 0 Å². The van der Waals surface area contributed by atoms with Crippen LogP contribution in [0.3, 0.4) is 0 Å². The van der Waals surface area contributed by atoms with Crippen LogP contribution < -0.4 is 10.6 Å². The van der Waals surface area contributed by atoms with Gasteiger partial charge in [-0.15, -0.1) is 12.4 Å². The maximum absolute atomic E-state index is 12.0. The largest absolute Gasteiger partial charge is 0.375 e. The summed E-state index contributed by atoms with van der Waals surface area (Å²) < 4.78 is 6.47. The molecule has 2 atom stereocenters. The van der Waals surface area contributed by atoms with Crippen molar-refractivity contribution >= 4 is 34.2 Å². The van der Waals surface area contributed by atoms with Crippen molar-refractivity contribution in [1.29, 1.82) is 0 Å². The van der Waals surface area contributed by atoms with Gasteiger partial charge >= 0.3 is 0 Å².